The highest BCUT2D eigenvalue weighted by atomic mass is 16.2. The van der Waals surface area contributed by atoms with Crippen molar-refractivity contribution in [2.45, 2.75) is 25.7 Å². The van der Waals surface area contributed by atoms with Gasteiger partial charge in [0.05, 0.1) is 11.6 Å². The largest absolute Gasteiger partial charge is 0.354 e. The summed E-state index contributed by atoms with van der Waals surface area (Å²) in [5, 5.41) is 12.0. The number of piperazine rings is 1. The van der Waals surface area contributed by atoms with Crippen molar-refractivity contribution < 1.29 is 9.59 Å². The fourth-order valence-electron chi connectivity index (χ4n) is 5.28. The number of likely N-dealkylation sites (tertiary alicyclic amines) is 1. The van der Waals surface area contributed by atoms with Crippen molar-refractivity contribution in [3.63, 3.8) is 0 Å². The Morgan fingerprint density at radius 3 is 2.33 bits per heavy atom. The fraction of sp³-hybridized carbons (Fsp3) is 0.355. The Labute approximate surface area is 229 Å². The molecule has 1 aromatic heterocycles. The van der Waals surface area contributed by atoms with Crippen LogP contribution in [-0.2, 0) is 0 Å². The number of piperidine rings is 1. The number of carbonyl (C=O) groups is 2. The van der Waals surface area contributed by atoms with E-state index in [1.807, 2.05) is 54.3 Å². The summed E-state index contributed by atoms with van der Waals surface area (Å²) in [5.74, 6) is 0.945. The molecule has 39 heavy (non-hydrogen) atoms. The van der Waals surface area contributed by atoms with Gasteiger partial charge in [-0.25, -0.2) is 4.98 Å². The Bertz CT molecular complexity index is 1380. The van der Waals surface area contributed by atoms with Crippen LogP contribution in [0.15, 0.2) is 60.8 Å². The molecule has 3 heterocycles. The Balaban J connectivity index is 1.23. The number of hydrogen-bond acceptors (Lipinski definition) is 6. The number of nitrogens with zero attached hydrogens (tertiary/aromatic N) is 5. The van der Waals surface area contributed by atoms with Crippen LogP contribution in [0, 0.1) is 18.3 Å². The van der Waals surface area contributed by atoms with Crippen LogP contribution in [0.2, 0.25) is 0 Å². The molecule has 8 nitrogen and oxygen atoms in total. The zero-order chi connectivity index (χ0) is 27.4. The highest BCUT2D eigenvalue weighted by Gasteiger charge is 2.25. The summed E-state index contributed by atoms with van der Waals surface area (Å²) in [6, 6.07) is 19.0. The molecule has 0 unspecified atom stereocenters. The Kier molecular flexibility index (Phi) is 7.89. The summed E-state index contributed by atoms with van der Waals surface area (Å²) < 4.78 is 0. The molecule has 0 atom stereocenters. The molecule has 0 aliphatic carbocycles. The molecule has 2 saturated heterocycles. The fourth-order valence-corrected chi connectivity index (χ4v) is 5.28. The summed E-state index contributed by atoms with van der Waals surface area (Å²) in [6.45, 7) is 6.95. The highest BCUT2D eigenvalue weighted by molar-refractivity contribution is 6.06. The maximum absolute atomic E-state index is 13.3. The second-order valence-electron chi connectivity index (χ2n) is 10.5. The topological polar surface area (TPSA) is 92.6 Å². The Morgan fingerprint density at radius 2 is 1.64 bits per heavy atom. The van der Waals surface area contributed by atoms with Crippen molar-refractivity contribution in [1.29, 1.82) is 5.26 Å². The van der Waals surface area contributed by atoms with E-state index in [9.17, 15) is 9.59 Å². The van der Waals surface area contributed by atoms with Gasteiger partial charge in [-0.15, -0.1) is 0 Å². The summed E-state index contributed by atoms with van der Waals surface area (Å²) in [6.07, 6.45) is 3.44. The lowest BCUT2D eigenvalue weighted by molar-refractivity contribution is 0.0712. The molecule has 2 aliphatic rings. The molecule has 0 bridgehead atoms. The SMILES string of the molecule is Cc1ccc(C(=O)N2CCC(c3ccc(C#N)cc3)CC2)cc1NC(=O)c1ccnc(N2CCN(C)CC2)c1. The summed E-state index contributed by atoms with van der Waals surface area (Å²) >= 11 is 0. The number of carbonyl (C=O) groups excluding carboxylic acids is 2. The molecule has 0 spiro atoms. The van der Waals surface area contributed by atoms with Crippen molar-refractivity contribution in [3.05, 3.63) is 88.6 Å². The van der Waals surface area contributed by atoms with E-state index in [1.54, 1.807) is 18.3 Å². The van der Waals surface area contributed by atoms with E-state index in [0.717, 1.165) is 50.4 Å². The molecular weight excluding hydrogens is 488 g/mol. The second kappa shape index (κ2) is 11.7. The number of aryl methyl sites for hydroxylation is 1. The van der Waals surface area contributed by atoms with Crippen molar-refractivity contribution in [1.82, 2.24) is 14.8 Å². The van der Waals surface area contributed by atoms with Crippen LogP contribution in [0.25, 0.3) is 0 Å². The molecule has 0 radical (unpaired) electrons. The highest BCUT2D eigenvalue weighted by Crippen LogP contribution is 2.29. The molecule has 2 amide bonds. The zero-order valence-electron chi connectivity index (χ0n) is 22.6. The van der Waals surface area contributed by atoms with E-state index < -0.39 is 0 Å². The lowest BCUT2D eigenvalue weighted by Gasteiger charge is -2.33. The van der Waals surface area contributed by atoms with Gasteiger partial charge in [0.1, 0.15) is 5.82 Å². The molecule has 5 rings (SSSR count). The maximum atomic E-state index is 13.3. The number of likely N-dealkylation sites (N-methyl/N-ethyl adjacent to an activating group) is 1. The standard InChI is InChI=1S/C31H34N6O2/c1-22-3-6-27(31(39)37-13-10-25(11-14-37)24-7-4-23(21-32)5-8-24)19-28(22)34-30(38)26-9-12-33-29(20-26)36-17-15-35(2)16-18-36/h3-9,12,19-20,25H,10-11,13-18H2,1-2H3,(H,34,38). The van der Waals surface area contributed by atoms with Crippen LogP contribution in [0.5, 0.6) is 0 Å². The number of hydrogen-bond donors (Lipinski definition) is 1. The van der Waals surface area contributed by atoms with Crippen LogP contribution in [-0.4, -0.2) is 72.9 Å². The van der Waals surface area contributed by atoms with Crippen molar-refractivity contribution >= 4 is 23.3 Å². The molecule has 8 heteroatoms. The third-order valence-corrected chi connectivity index (χ3v) is 7.86. The van der Waals surface area contributed by atoms with Crippen molar-refractivity contribution in [2.75, 3.05) is 56.5 Å². The number of amides is 2. The first-order chi connectivity index (χ1) is 18.9. The maximum Gasteiger partial charge on any atom is 0.255 e. The van der Waals surface area contributed by atoms with Gasteiger partial charge in [-0.05, 0) is 80.3 Å². The summed E-state index contributed by atoms with van der Waals surface area (Å²) in [7, 11) is 2.11. The number of anilines is 2. The van der Waals surface area contributed by atoms with Gasteiger partial charge in [-0.1, -0.05) is 18.2 Å². The average molecular weight is 523 g/mol. The molecule has 2 aromatic carbocycles. The molecular formula is C31H34N6O2. The first-order valence-electron chi connectivity index (χ1n) is 13.5. The predicted molar refractivity (Wildman–Crippen MR) is 152 cm³/mol. The third kappa shape index (κ3) is 6.10. The number of nitrogens with one attached hydrogen (secondary N) is 1. The number of rotatable bonds is 5. The first-order valence-corrected chi connectivity index (χ1v) is 13.5. The van der Waals surface area contributed by atoms with E-state index in [2.05, 4.69) is 33.2 Å². The summed E-state index contributed by atoms with van der Waals surface area (Å²) in [4.78, 5) is 37.4. The summed E-state index contributed by atoms with van der Waals surface area (Å²) in [5.41, 5.74) is 4.52. The number of pyridine rings is 1. The molecule has 0 saturated carbocycles. The van der Waals surface area contributed by atoms with Crippen molar-refractivity contribution in [2.24, 2.45) is 0 Å². The molecule has 2 aliphatic heterocycles. The minimum atomic E-state index is -0.219. The van der Waals surface area contributed by atoms with E-state index in [-0.39, 0.29) is 11.8 Å². The molecule has 1 N–H and O–H groups in total. The minimum absolute atomic E-state index is 0.0231. The van der Waals surface area contributed by atoms with Crippen LogP contribution < -0.4 is 10.2 Å². The van der Waals surface area contributed by atoms with Gasteiger partial charge < -0.3 is 20.0 Å². The minimum Gasteiger partial charge on any atom is -0.354 e. The molecule has 3 aromatic rings. The predicted octanol–water partition coefficient (Wildman–Crippen LogP) is 4.29. The lowest BCUT2D eigenvalue weighted by Crippen LogP contribution is -2.44. The van der Waals surface area contributed by atoms with E-state index in [4.69, 9.17) is 5.26 Å². The van der Waals surface area contributed by atoms with Crippen molar-refractivity contribution in [3.8, 4) is 6.07 Å². The van der Waals surface area contributed by atoms with Crippen LogP contribution in [0.4, 0.5) is 11.5 Å². The molecule has 200 valence electrons. The monoisotopic (exact) mass is 522 g/mol. The Hall–Kier alpha value is -4.22. The number of aromatic nitrogens is 1. The quantitative estimate of drug-likeness (QED) is 0.538. The Morgan fingerprint density at radius 1 is 0.923 bits per heavy atom. The normalized spacial score (nSPS) is 16.5. The smallest absolute Gasteiger partial charge is 0.255 e. The van der Waals surface area contributed by atoms with E-state index >= 15 is 0 Å². The molecule has 2 fully saturated rings. The van der Waals surface area contributed by atoms with E-state index in [1.165, 1.54) is 5.56 Å². The second-order valence-corrected chi connectivity index (χ2v) is 10.5. The van der Waals surface area contributed by atoms with Gasteiger partial charge in [0, 0.05) is 62.3 Å². The van der Waals surface area contributed by atoms with Gasteiger partial charge in [-0.2, -0.15) is 5.26 Å². The van der Waals surface area contributed by atoms with Gasteiger partial charge >= 0.3 is 0 Å². The van der Waals surface area contributed by atoms with Crippen LogP contribution in [0.3, 0.4) is 0 Å². The number of nitriles is 1. The number of benzene rings is 2. The lowest BCUT2D eigenvalue weighted by atomic mass is 9.89. The van der Waals surface area contributed by atoms with Gasteiger partial charge in [-0.3, -0.25) is 9.59 Å². The van der Waals surface area contributed by atoms with Crippen LogP contribution in [0.1, 0.15) is 56.2 Å². The third-order valence-electron chi connectivity index (χ3n) is 7.86. The van der Waals surface area contributed by atoms with Gasteiger partial charge in [0.25, 0.3) is 11.8 Å². The van der Waals surface area contributed by atoms with Gasteiger partial charge in [0.15, 0.2) is 0 Å². The first kappa shape index (κ1) is 26.4. The van der Waals surface area contributed by atoms with Crippen LogP contribution >= 0.6 is 0 Å². The average Bonchev–Trinajstić information content (AvgIpc) is 2.98. The van der Waals surface area contributed by atoms with Gasteiger partial charge in [0.2, 0.25) is 0 Å². The van der Waals surface area contributed by atoms with E-state index in [0.29, 0.717) is 41.4 Å². The zero-order valence-corrected chi connectivity index (χ0v) is 22.6.